The minimum Gasteiger partial charge on any atom is -0.496 e. The molecule has 1 aromatic carbocycles. The van der Waals surface area contributed by atoms with Crippen LogP contribution in [-0.4, -0.2) is 24.6 Å². The van der Waals surface area contributed by atoms with Gasteiger partial charge in [-0.05, 0) is 25.5 Å². The quantitative estimate of drug-likeness (QED) is 0.480. The number of hydrogen-bond donors (Lipinski definition) is 1. The van der Waals surface area contributed by atoms with Crippen LogP contribution in [0.5, 0.6) is 5.75 Å². The number of nitrogens with two attached hydrogens (primary N) is 1. The maximum atomic E-state index is 12.4. The SMILES string of the molecule is CCOC(=O)C1=C(C)OC(N)=C(C#N)C1c1cc(OC)cc([N+](=O)[O-])c1. The molecule has 0 bridgehead atoms. The minimum atomic E-state index is -0.971. The largest absolute Gasteiger partial charge is 0.496 e. The van der Waals surface area contributed by atoms with Crippen LogP contribution in [-0.2, 0) is 14.3 Å². The number of nitriles is 1. The number of nitro groups is 1. The van der Waals surface area contributed by atoms with E-state index in [1.54, 1.807) is 6.92 Å². The summed E-state index contributed by atoms with van der Waals surface area (Å²) in [7, 11) is 1.36. The first-order valence-electron chi connectivity index (χ1n) is 7.62. The van der Waals surface area contributed by atoms with E-state index in [4.69, 9.17) is 19.9 Å². The Hall–Kier alpha value is -3.54. The highest BCUT2D eigenvalue weighted by atomic mass is 16.6. The van der Waals surface area contributed by atoms with Crippen molar-refractivity contribution in [1.82, 2.24) is 0 Å². The number of non-ortho nitro benzene ring substituents is 1. The third-order valence-corrected chi connectivity index (χ3v) is 3.79. The molecule has 0 saturated carbocycles. The third-order valence-electron chi connectivity index (χ3n) is 3.79. The van der Waals surface area contributed by atoms with Crippen molar-refractivity contribution in [3.05, 3.63) is 56.7 Å². The molecule has 1 aliphatic heterocycles. The number of benzene rings is 1. The molecule has 0 radical (unpaired) electrons. The second-order valence-corrected chi connectivity index (χ2v) is 5.34. The molecule has 0 spiro atoms. The molecule has 1 aliphatic rings. The highest BCUT2D eigenvalue weighted by molar-refractivity contribution is 5.92. The van der Waals surface area contributed by atoms with Crippen LogP contribution in [0.2, 0.25) is 0 Å². The lowest BCUT2D eigenvalue weighted by molar-refractivity contribution is -0.385. The van der Waals surface area contributed by atoms with Gasteiger partial charge in [0.15, 0.2) is 0 Å². The van der Waals surface area contributed by atoms with Crippen molar-refractivity contribution in [2.24, 2.45) is 5.73 Å². The van der Waals surface area contributed by atoms with Crippen molar-refractivity contribution >= 4 is 11.7 Å². The molecule has 2 N–H and O–H groups in total. The molecular formula is C17H17N3O6. The number of ether oxygens (including phenoxy) is 3. The van der Waals surface area contributed by atoms with Crippen LogP contribution in [0.3, 0.4) is 0 Å². The lowest BCUT2D eigenvalue weighted by atomic mass is 9.83. The van der Waals surface area contributed by atoms with Gasteiger partial charge in [0.05, 0.1) is 36.2 Å². The van der Waals surface area contributed by atoms with Gasteiger partial charge in [-0.1, -0.05) is 0 Å². The molecule has 0 aliphatic carbocycles. The molecule has 0 aromatic heterocycles. The molecule has 9 heteroatoms. The lowest BCUT2D eigenvalue weighted by Gasteiger charge is -2.26. The monoisotopic (exact) mass is 359 g/mol. The Labute approximate surface area is 149 Å². The van der Waals surface area contributed by atoms with Crippen molar-refractivity contribution in [2.75, 3.05) is 13.7 Å². The van der Waals surface area contributed by atoms with Gasteiger partial charge < -0.3 is 19.9 Å². The third kappa shape index (κ3) is 3.44. The fourth-order valence-electron chi connectivity index (χ4n) is 2.68. The number of esters is 1. The fourth-order valence-corrected chi connectivity index (χ4v) is 2.68. The van der Waals surface area contributed by atoms with Crippen LogP contribution in [0.1, 0.15) is 25.3 Å². The second kappa shape index (κ2) is 7.57. The average Bonchev–Trinajstić information content (AvgIpc) is 2.60. The van der Waals surface area contributed by atoms with Crippen molar-refractivity contribution in [1.29, 1.82) is 5.26 Å². The van der Waals surface area contributed by atoms with Gasteiger partial charge in [-0.15, -0.1) is 0 Å². The lowest BCUT2D eigenvalue weighted by Crippen LogP contribution is -2.25. The summed E-state index contributed by atoms with van der Waals surface area (Å²) >= 11 is 0. The number of carbonyl (C=O) groups excluding carboxylic acids is 1. The van der Waals surface area contributed by atoms with Crippen LogP contribution in [0.25, 0.3) is 0 Å². The molecule has 26 heavy (non-hydrogen) atoms. The standard InChI is InChI=1S/C17H17N3O6/c1-4-25-17(21)14-9(2)26-16(19)13(8-18)15(14)10-5-11(20(22)23)7-12(6-10)24-3/h5-7,15H,4,19H2,1-3H3. The van der Waals surface area contributed by atoms with Gasteiger partial charge in [-0.2, -0.15) is 5.26 Å². The summed E-state index contributed by atoms with van der Waals surface area (Å²) < 4.78 is 15.5. The van der Waals surface area contributed by atoms with Crippen LogP contribution >= 0.6 is 0 Å². The molecule has 2 rings (SSSR count). The molecule has 1 aromatic rings. The maximum Gasteiger partial charge on any atom is 0.338 e. The van der Waals surface area contributed by atoms with E-state index < -0.39 is 16.8 Å². The zero-order valence-corrected chi connectivity index (χ0v) is 14.4. The van der Waals surface area contributed by atoms with Gasteiger partial charge in [-0.25, -0.2) is 4.79 Å². The first-order valence-corrected chi connectivity index (χ1v) is 7.62. The average molecular weight is 359 g/mol. The molecular weight excluding hydrogens is 342 g/mol. The predicted molar refractivity (Wildman–Crippen MR) is 89.6 cm³/mol. The number of hydrogen-bond acceptors (Lipinski definition) is 8. The predicted octanol–water partition coefficient (Wildman–Crippen LogP) is 2.25. The smallest absolute Gasteiger partial charge is 0.338 e. The summed E-state index contributed by atoms with van der Waals surface area (Å²) in [5.74, 6) is -1.47. The Morgan fingerprint density at radius 1 is 1.46 bits per heavy atom. The van der Waals surface area contributed by atoms with E-state index in [1.807, 2.05) is 6.07 Å². The zero-order chi connectivity index (χ0) is 19.4. The number of nitrogens with zero attached hydrogens (tertiary/aromatic N) is 2. The summed E-state index contributed by atoms with van der Waals surface area (Å²) in [5.41, 5.74) is 5.86. The maximum absolute atomic E-state index is 12.4. The first kappa shape index (κ1) is 18.8. The molecule has 0 saturated heterocycles. The molecule has 1 unspecified atom stereocenters. The van der Waals surface area contributed by atoms with Crippen molar-refractivity contribution in [3.63, 3.8) is 0 Å². The summed E-state index contributed by atoms with van der Waals surface area (Å²) in [6.45, 7) is 3.26. The van der Waals surface area contributed by atoms with E-state index in [-0.39, 0.29) is 40.8 Å². The Morgan fingerprint density at radius 2 is 2.15 bits per heavy atom. The van der Waals surface area contributed by atoms with E-state index in [0.29, 0.717) is 5.56 Å². The van der Waals surface area contributed by atoms with Crippen molar-refractivity contribution in [2.45, 2.75) is 19.8 Å². The summed E-state index contributed by atoms with van der Waals surface area (Å²) in [4.78, 5) is 23.1. The molecule has 1 heterocycles. The highest BCUT2D eigenvalue weighted by Gasteiger charge is 2.37. The van der Waals surface area contributed by atoms with Crippen LogP contribution in [0.4, 0.5) is 5.69 Å². The Morgan fingerprint density at radius 3 is 2.69 bits per heavy atom. The number of methoxy groups -OCH3 is 1. The Balaban J connectivity index is 2.73. The minimum absolute atomic E-state index is 0.0406. The molecule has 136 valence electrons. The Kier molecular flexibility index (Phi) is 5.47. The van der Waals surface area contributed by atoms with Crippen LogP contribution < -0.4 is 10.5 Å². The van der Waals surface area contributed by atoms with E-state index >= 15 is 0 Å². The number of nitro benzene ring substituents is 1. The van der Waals surface area contributed by atoms with Gasteiger partial charge in [-0.3, -0.25) is 10.1 Å². The molecule has 0 fully saturated rings. The van der Waals surface area contributed by atoms with Crippen LogP contribution in [0, 0.1) is 21.4 Å². The van der Waals surface area contributed by atoms with Crippen molar-refractivity contribution in [3.8, 4) is 11.8 Å². The summed E-state index contributed by atoms with van der Waals surface area (Å²) in [5, 5.41) is 20.7. The number of carbonyl (C=O) groups is 1. The van der Waals surface area contributed by atoms with E-state index in [1.165, 1.54) is 32.2 Å². The van der Waals surface area contributed by atoms with E-state index in [0.717, 1.165) is 0 Å². The summed E-state index contributed by atoms with van der Waals surface area (Å²) in [6.07, 6.45) is 0. The highest BCUT2D eigenvalue weighted by Crippen LogP contribution is 2.41. The first-order chi connectivity index (χ1) is 12.3. The van der Waals surface area contributed by atoms with Gasteiger partial charge in [0.2, 0.25) is 5.88 Å². The summed E-state index contributed by atoms with van der Waals surface area (Å²) in [6, 6.07) is 5.91. The van der Waals surface area contributed by atoms with Gasteiger partial charge in [0.25, 0.3) is 5.69 Å². The molecule has 0 amide bonds. The van der Waals surface area contributed by atoms with E-state index in [2.05, 4.69) is 0 Å². The normalized spacial score (nSPS) is 16.6. The van der Waals surface area contributed by atoms with Gasteiger partial charge in [0.1, 0.15) is 23.2 Å². The second-order valence-electron chi connectivity index (χ2n) is 5.34. The fraction of sp³-hybridized carbons (Fsp3) is 0.294. The molecule has 1 atom stereocenters. The number of rotatable bonds is 5. The number of allylic oxidation sites excluding steroid dienone is 2. The Bertz CT molecular complexity index is 866. The zero-order valence-electron chi connectivity index (χ0n) is 14.4. The molecule has 9 nitrogen and oxygen atoms in total. The van der Waals surface area contributed by atoms with Gasteiger partial charge >= 0.3 is 5.97 Å². The van der Waals surface area contributed by atoms with E-state index in [9.17, 15) is 20.2 Å². The van der Waals surface area contributed by atoms with Gasteiger partial charge in [0, 0.05) is 6.07 Å². The van der Waals surface area contributed by atoms with Crippen molar-refractivity contribution < 1.29 is 23.9 Å². The topological polar surface area (TPSA) is 138 Å². The van der Waals surface area contributed by atoms with Crippen LogP contribution in [0.15, 0.2) is 41.0 Å².